The Balaban J connectivity index is 1.88. The summed E-state index contributed by atoms with van der Waals surface area (Å²) in [6.07, 6.45) is 0.708. The molecule has 1 heterocycles. The number of anilines is 1. The quantitative estimate of drug-likeness (QED) is 0.850. The zero-order valence-electron chi connectivity index (χ0n) is 12.9. The fourth-order valence-electron chi connectivity index (χ4n) is 1.98. The number of amides is 1. The normalized spacial score (nSPS) is 11.0. The van der Waals surface area contributed by atoms with Crippen LogP contribution in [0.1, 0.15) is 24.3 Å². The minimum atomic E-state index is -0.0804. The molecule has 0 unspecified atom stereocenters. The van der Waals surface area contributed by atoms with Gasteiger partial charge in [-0.05, 0) is 37.7 Å². The van der Waals surface area contributed by atoms with E-state index in [1.165, 1.54) is 0 Å². The molecule has 2 aromatic rings. The van der Waals surface area contributed by atoms with Gasteiger partial charge in [-0.25, -0.2) is 0 Å². The minimum absolute atomic E-state index is 0.0804. The van der Waals surface area contributed by atoms with Crippen molar-refractivity contribution in [2.24, 2.45) is 0 Å². The van der Waals surface area contributed by atoms with Crippen LogP contribution in [0.5, 0.6) is 0 Å². The lowest BCUT2D eigenvalue weighted by molar-refractivity contribution is -0.117. The number of halogens is 1. The summed E-state index contributed by atoms with van der Waals surface area (Å²) in [7, 11) is 1.84. The van der Waals surface area contributed by atoms with Gasteiger partial charge < -0.3 is 9.73 Å². The van der Waals surface area contributed by atoms with Crippen LogP contribution in [-0.4, -0.2) is 34.6 Å². The Morgan fingerprint density at radius 2 is 2.09 bits per heavy atom. The third-order valence-electron chi connectivity index (χ3n) is 3.09. The monoisotopic (exact) mass is 366 g/mol. The summed E-state index contributed by atoms with van der Waals surface area (Å²) >= 11 is 3.40. The Hall–Kier alpha value is -1.73. The zero-order chi connectivity index (χ0) is 16.1. The molecule has 0 radical (unpaired) electrons. The highest BCUT2D eigenvalue weighted by molar-refractivity contribution is 9.10. The highest BCUT2D eigenvalue weighted by Gasteiger charge is 2.12. The number of nitrogens with zero attached hydrogens (tertiary/aromatic N) is 3. The first-order valence-electron chi connectivity index (χ1n) is 7.03. The molecule has 0 aliphatic heterocycles. The first kappa shape index (κ1) is 16.6. The van der Waals surface area contributed by atoms with Crippen LogP contribution in [0.3, 0.4) is 0 Å². The lowest BCUT2D eigenvalue weighted by Gasteiger charge is -2.15. The molecule has 7 heteroatoms. The number of carbonyl (C=O) groups is 1. The second-order valence-electron chi connectivity index (χ2n) is 5.12. The van der Waals surface area contributed by atoms with E-state index in [1.807, 2.05) is 44.0 Å². The predicted molar refractivity (Wildman–Crippen MR) is 87.5 cm³/mol. The van der Waals surface area contributed by atoms with Crippen LogP contribution < -0.4 is 5.32 Å². The zero-order valence-corrected chi connectivity index (χ0v) is 14.5. The SMILES string of the molecule is CCc1nnc(CN(C)CC(=O)Nc2ccc(Br)cc2C)o1. The van der Waals surface area contributed by atoms with Crippen molar-refractivity contribution in [2.75, 3.05) is 18.9 Å². The third kappa shape index (κ3) is 4.64. The van der Waals surface area contributed by atoms with Crippen molar-refractivity contribution in [1.82, 2.24) is 15.1 Å². The molecule has 0 spiro atoms. The number of hydrogen-bond donors (Lipinski definition) is 1. The van der Waals surface area contributed by atoms with Gasteiger partial charge in [0.15, 0.2) is 0 Å². The molecule has 6 nitrogen and oxygen atoms in total. The van der Waals surface area contributed by atoms with Crippen molar-refractivity contribution in [3.05, 3.63) is 40.0 Å². The Morgan fingerprint density at radius 1 is 1.36 bits per heavy atom. The van der Waals surface area contributed by atoms with Gasteiger partial charge in [-0.15, -0.1) is 10.2 Å². The number of aryl methyl sites for hydroxylation is 2. The number of rotatable bonds is 6. The molecule has 2 rings (SSSR count). The average Bonchev–Trinajstić information content (AvgIpc) is 2.89. The first-order chi connectivity index (χ1) is 10.5. The van der Waals surface area contributed by atoms with Gasteiger partial charge in [-0.2, -0.15) is 0 Å². The minimum Gasteiger partial charge on any atom is -0.424 e. The van der Waals surface area contributed by atoms with Gasteiger partial charge in [0, 0.05) is 16.6 Å². The van der Waals surface area contributed by atoms with E-state index in [9.17, 15) is 4.79 Å². The van der Waals surface area contributed by atoms with Crippen molar-refractivity contribution in [3.8, 4) is 0 Å². The van der Waals surface area contributed by atoms with E-state index in [1.54, 1.807) is 0 Å². The van der Waals surface area contributed by atoms with Crippen molar-refractivity contribution in [2.45, 2.75) is 26.8 Å². The van der Waals surface area contributed by atoms with Crippen LogP contribution in [0.2, 0.25) is 0 Å². The summed E-state index contributed by atoms with van der Waals surface area (Å²) in [5.74, 6) is 1.05. The van der Waals surface area contributed by atoms with Gasteiger partial charge in [0.2, 0.25) is 17.7 Å². The standard InChI is InChI=1S/C15H19BrN4O2/c1-4-14-18-19-15(22-14)9-20(3)8-13(21)17-12-6-5-11(16)7-10(12)2/h5-7H,4,8-9H2,1-3H3,(H,17,21). The second kappa shape index (κ2) is 7.51. The Kier molecular flexibility index (Phi) is 5.68. The fourth-order valence-corrected chi connectivity index (χ4v) is 2.46. The van der Waals surface area contributed by atoms with Gasteiger partial charge in [-0.1, -0.05) is 22.9 Å². The maximum Gasteiger partial charge on any atom is 0.238 e. The number of carbonyl (C=O) groups excluding carboxylic acids is 1. The van der Waals surface area contributed by atoms with E-state index in [-0.39, 0.29) is 12.5 Å². The van der Waals surface area contributed by atoms with Crippen molar-refractivity contribution >= 4 is 27.5 Å². The molecule has 0 fully saturated rings. The van der Waals surface area contributed by atoms with Crippen LogP contribution >= 0.6 is 15.9 Å². The van der Waals surface area contributed by atoms with E-state index in [4.69, 9.17) is 4.42 Å². The summed E-state index contributed by atoms with van der Waals surface area (Å²) in [6, 6.07) is 5.74. The molecular formula is C15H19BrN4O2. The van der Waals surface area contributed by atoms with Crippen molar-refractivity contribution in [1.29, 1.82) is 0 Å². The van der Waals surface area contributed by atoms with E-state index < -0.39 is 0 Å². The van der Waals surface area contributed by atoms with Gasteiger partial charge in [-0.3, -0.25) is 9.69 Å². The van der Waals surface area contributed by atoms with Gasteiger partial charge >= 0.3 is 0 Å². The summed E-state index contributed by atoms with van der Waals surface area (Å²) in [5.41, 5.74) is 1.82. The summed E-state index contributed by atoms with van der Waals surface area (Å²) in [5, 5.41) is 10.8. The highest BCUT2D eigenvalue weighted by atomic mass is 79.9. The number of benzene rings is 1. The van der Waals surface area contributed by atoms with Crippen LogP contribution in [-0.2, 0) is 17.8 Å². The number of hydrogen-bond acceptors (Lipinski definition) is 5. The van der Waals surface area contributed by atoms with Crippen LogP contribution in [0, 0.1) is 6.92 Å². The average molecular weight is 367 g/mol. The largest absolute Gasteiger partial charge is 0.424 e. The summed E-state index contributed by atoms with van der Waals surface area (Å²) < 4.78 is 6.42. The van der Waals surface area contributed by atoms with Crippen LogP contribution in [0.25, 0.3) is 0 Å². The van der Waals surface area contributed by atoms with Gasteiger partial charge in [0.1, 0.15) is 0 Å². The maximum atomic E-state index is 12.1. The smallest absolute Gasteiger partial charge is 0.238 e. The lowest BCUT2D eigenvalue weighted by Crippen LogP contribution is -2.30. The highest BCUT2D eigenvalue weighted by Crippen LogP contribution is 2.19. The van der Waals surface area contributed by atoms with E-state index in [2.05, 4.69) is 31.4 Å². The fraction of sp³-hybridized carbons (Fsp3) is 0.400. The number of likely N-dealkylation sites (N-methyl/N-ethyl adjacent to an activating group) is 1. The summed E-state index contributed by atoms with van der Waals surface area (Å²) in [4.78, 5) is 13.9. The Labute approximate surface area is 138 Å². The maximum absolute atomic E-state index is 12.1. The molecule has 0 saturated heterocycles. The molecule has 0 aliphatic rings. The lowest BCUT2D eigenvalue weighted by atomic mass is 10.2. The topological polar surface area (TPSA) is 71.3 Å². The number of aromatic nitrogens is 2. The van der Waals surface area contributed by atoms with E-state index >= 15 is 0 Å². The molecular weight excluding hydrogens is 348 g/mol. The predicted octanol–water partition coefficient (Wildman–Crippen LogP) is 2.77. The Bertz CT molecular complexity index is 657. The van der Waals surface area contributed by atoms with E-state index in [0.29, 0.717) is 24.7 Å². The van der Waals surface area contributed by atoms with Crippen LogP contribution in [0.15, 0.2) is 27.1 Å². The second-order valence-corrected chi connectivity index (χ2v) is 6.04. The first-order valence-corrected chi connectivity index (χ1v) is 7.83. The molecule has 118 valence electrons. The van der Waals surface area contributed by atoms with Crippen LogP contribution in [0.4, 0.5) is 5.69 Å². The molecule has 1 N–H and O–H groups in total. The molecule has 1 aromatic heterocycles. The molecule has 1 aromatic carbocycles. The van der Waals surface area contributed by atoms with Crippen molar-refractivity contribution in [3.63, 3.8) is 0 Å². The molecule has 0 bridgehead atoms. The van der Waals surface area contributed by atoms with Gasteiger partial charge in [0.05, 0.1) is 13.1 Å². The Morgan fingerprint density at radius 3 is 2.73 bits per heavy atom. The summed E-state index contributed by atoms with van der Waals surface area (Å²) in [6.45, 7) is 4.60. The molecule has 0 atom stereocenters. The van der Waals surface area contributed by atoms with Crippen molar-refractivity contribution < 1.29 is 9.21 Å². The molecule has 1 amide bonds. The molecule has 0 saturated carbocycles. The van der Waals surface area contributed by atoms with E-state index in [0.717, 1.165) is 15.7 Å². The van der Waals surface area contributed by atoms with Gasteiger partial charge in [0.25, 0.3) is 0 Å². The molecule has 22 heavy (non-hydrogen) atoms. The number of nitrogens with one attached hydrogen (secondary N) is 1. The third-order valence-corrected chi connectivity index (χ3v) is 3.59. The molecule has 0 aliphatic carbocycles.